The van der Waals surface area contributed by atoms with E-state index in [1.165, 1.54) is 30.3 Å². The van der Waals surface area contributed by atoms with Crippen LogP contribution in [-0.4, -0.2) is 36.3 Å². The summed E-state index contributed by atoms with van der Waals surface area (Å²) in [6.07, 6.45) is -1.64. The standard InChI is InChI=1S/C23H23F4N3O3/c24-17-10-8-14(9-11-17)22(33)30-19-7-2-1-6-18(19)29-20(31)13-28-21(32)15-4-3-5-16(12-15)23(25,26)27/h3-5,8-12,18-19H,1-2,6-7,13H2,(H,28,32)(H,29,31)(H,30,33). The molecule has 1 aliphatic rings. The summed E-state index contributed by atoms with van der Waals surface area (Å²) in [4.78, 5) is 37.0. The summed E-state index contributed by atoms with van der Waals surface area (Å²) in [5.41, 5.74) is -0.873. The lowest BCUT2D eigenvalue weighted by molar-refractivity contribution is -0.137. The fraction of sp³-hybridized carbons (Fsp3) is 0.348. The van der Waals surface area contributed by atoms with Gasteiger partial charge in [0, 0.05) is 23.2 Å². The minimum absolute atomic E-state index is 0.209. The SMILES string of the molecule is O=C(CNC(=O)c1cccc(C(F)(F)F)c1)NC1CCCCC1NC(=O)c1ccc(F)cc1. The van der Waals surface area contributed by atoms with E-state index >= 15 is 0 Å². The zero-order valence-corrected chi connectivity index (χ0v) is 17.5. The molecule has 0 spiro atoms. The summed E-state index contributed by atoms with van der Waals surface area (Å²) in [7, 11) is 0. The first-order valence-corrected chi connectivity index (χ1v) is 10.4. The summed E-state index contributed by atoms with van der Waals surface area (Å²) >= 11 is 0. The Hall–Kier alpha value is -3.43. The Labute approximate surface area is 187 Å². The second kappa shape index (κ2) is 10.5. The van der Waals surface area contributed by atoms with Crippen molar-refractivity contribution in [2.24, 2.45) is 0 Å². The van der Waals surface area contributed by atoms with E-state index in [1.807, 2.05) is 0 Å². The molecule has 2 atom stereocenters. The predicted octanol–water partition coefficient (Wildman–Crippen LogP) is 3.43. The third-order valence-electron chi connectivity index (χ3n) is 5.40. The van der Waals surface area contributed by atoms with Gasteiger partial charge in [-0.15, -0.1) is 0 Å². The maximum absolute atomic E-state index is 13.1. The molecule has 176 valence electrons. The number of carbonyl (C=O) groups is 3. The lowest BCUT2D eigenvalue weighted by atomic mass is 9.90. The molecule has 6 nitrogen and oxygen atoms in total. The molecule has 1 fully saturated rings. The van der Waals surface area contributed by atoms with Crippen molar-refractivity contribution >= 4 is 17.7 Å². The van der Waals surface area contributed by atoms with Gasteiger partial charge in [-0.2, -0.15) is 13.2 Å². The van der Waals surface area contributed by atoms with Gasteiger partial charge in [0.15, 0.2) is 0 Å². The second-order valence-electron chi connectivity index (χ2n) is 7.81. The highest BCUT2D eigenvalue weighted by molar-refractivity contribution is 5.97. The molecule has 2 aromatic rings. The highest BCUT2D eigenvalue weighted by atomic mass is 19.4. The van der Waals surface area contributed by atoms with E-state index in [1.54, 1.807) is 0 Å². The van der Waals surface area contributed by atoms with E-state index in [0.29, 0.717) is 18.4 Å². The molecule has 3 amide bonds. The Balaban J connectivity index is 1.54. The molecule has 33 heavy (non-hydrogen) atoms. The van der Waals surface area contributed by atoms with E-state index in [4.69, 9.17) is 0 Å². The normalized spacial score (nSPS) is 18.3. The summed E-state index contributed by atoms with van der Waals surface area (Å²) < 4.78 is 51.5. The molecule has 2 aromatic carbocycles. The fourth-order valence-electron chi connectivity index (χ4n) is 3.69. The topological polar surface area (TPSA) is 87.3 Å². The van der Waals surface area contributed by atoms with E-state index < -0.39 is 35.9 Å². The minimum atomic E-state index is -4.58. The molecule has 0 radical (unpaired) electrons. The number of hydrogen-bond donors (Lipinski definition) is 3. The van der Waals surface area contributed by atoms with Crippen LogP contribution < -0.4 is 16.0 Å². The molecule has 1 aliphatic carbocycles. The number of rotatable bonds is 6. The van der Waals surface area contributed by atoms with Crippen LogP contribution in [0.15, 0.2) is 48.5 Å². The van der Waals surface area contributed by atoms with Crippen molar-refractivity contribution in [1.82, 2.24) is 16.0 Å². The molecule has 3 rings (SSSR count). The summed E-state index contributed by atoms with van der Waals surface area (Å²) in [6.45, 7) is -0.426. The van der Waals surface area contributed by atoms with Gasteiger partial charge in [-0.3, -0.25) is 14.4 Å². The Bertz CT molecular complexity index is 1010. The number of alkyl halides is 3. The van der Waals surface area contributed by atoms with Crippen LogP contribution in [-0.2, 0) is 11.0 Å². The fourth-order valence-corrected chi connectivity index (χ4v) is 3.69. The Morgan fingerprint density at radius 1 is 0.848 bits per heavy atom. The molecule has 1 saturated carbocycles. The summed E-state index contributed by atoms with van der Waals surface area (Å²) in [6, 6.07) is 8.29. The van der Waals surface area contributed by atoms with Gasteiger partial charge in [0.2, 0.25) is 5.91 Å². The Morgan fingerprint density at radius 2 is 1.48 bits per heavy atom. The molecular formula is C23H23F4N3O3. The van der Waals surface area contributed by atoms with Crippen LogP contribution in [0.2, 0.25) is 0 Å². The number of benzene rings is 2. The molecule has 0 aliphatic heterocycles. The first-order chi connectivity index (χ1) is 15.6. The lowest BCUT2D eigenvalue weighted by Crippen LogP contribution is -2.54. The van der Waals surface area contributed by atoms with Crippen LogP contribution in [0.5, 0.6) is 0 Å². The van der Waals surface area contributed by atoms with Gasteiger partial charge in [-0.05, 0) is 55.3 Å². The third kappa shape index (κ3) is 6.77. The molecular weight excluding hydrogens is 442 g/mol. The first-order valence-electron chi connectivity index (χ1n) is 10.4. The van der Waals surface area contributed by atoms with Gasteiger partial charge in [0.05, 0.1) is 12.1 Å². The minimum Gasteiger partial charge on any atom is -0.350 e. The molecule has 0 heterocycles. The predicted molar refractivity (Wildman–Crippen MR) is 112 cm³/mol. The van der Waals surface area contributed by atoms with Crippen LogP contribution in [0.1, 0.15) is 52.0 Å². The van der Waals surface area contributed by atoms with E-state index in [9.17, 15) is 31.9 Å². The molecule has 2 unspecified atom stereocenters. The van der Waals surface area contributed by atoms with Crippen molar-refractivity contribution in [2.75, 3.05) is 6.54 Å². The largest absolute Gasteiger partial charge is 0.416 e. The number of hydrogen-bond acceptors (Lipinski definition) is 3. The van der Waals surface area contributed by atoms with Crippen molar-refractivity contribution in [1.29, 1.82) is 0 Å². The lowest BCUT2D eigenvalue weighted by Gasteiger charge is -2.33. The van der Waals surface area contributed by atoms with Crippen LogP contribution in [0.25, 0.3) is 0 Å². The van der Waals surface area contributed by atoms with Crippen LogP contribution in [0, 0.1) is 5.82 Å². The Morgan fingerprint density at radius 3 is 2.12 bits per heavy atom. The molecule has 3 N–H and O–H groups in total. The van der Waals surface area contributed by atoms with Crippen molar-refractivity contribution in [3.8, 4) is 0 Å². The average molecular weight is 465 g/mol. The van der Waals surface area contributed by atoms with E-state index in [-0.39, 0.29) is 23.6 Å². The van der Waals surface area contributed by atoms with Gasteiger partial charge in [0.25, 0.3) is 11.8 Å². The Kier molecular flexibility index (Phi) is 7.67. The van der Waals surface area contributed by atoms with Gasteiger partial charge in [-0.25, -0.2) is 4.39 Å². The second-order valence-corrected chi connectivity index (χ2v) is 7.81. The summed E-state index contributed by atoms with van der Waals surface area (Å²) in [5.74, 6) is -2.18. The van der Waals surface area contributed by atoms with Crippen molar-refractivity contribution < 1.29 is 31.9 Å². The first kappa shape index (κ1) is 24.2. The van der Waals surface area contributed by atoms with Gasteiger partial charge < -0.3 is 16.0 Å². The number of halogens is 4. The molecule has 0 saturated heterocycles. The number of carbonyl (C=O) groups excluding carboxylic acids is 3. The van der Waals surface area contributed by atoms with Gasteiger partial charge in [0.1, 0.15) is 5.82 Å². The zero-order chi connectivity index (χ0) is 24.0. The highest BCUT2D eigenvalue weighted by Gasteiger charge is 2.31. The molecule has 10 heteroatoms. The van der Waals surface area contributed by atoms with Gasteiger partial charge >= 0.3 is 6.18 Å². The molecule has 0 aromatic heterocycles. The maximum Gasteiger partial charge on any atom is 0.416 e. The maximum atomic E-state index is 13.1. The van der Waals surface area contributed by atoms with Crippen LogP contribution in [0.4, 0.5) is 17.6 Å². The summed E-state index contributed by atoms with van der Waals surface area (Å²) in [5, 5.41) is 7.93. The smallest absolute Gasteiger partial charge is 0.350 e. The van der Waals surface area contributed by atoms with Crippen molar-refractivity contribution in [3.05, 3.63) is 71.0 Å². The van der Waals surface area contributed by atoms with Gasteiger partial charge in [-0.1, -0.05) is 18.9 Å². The van der Waals surface area contributed by atoms with E-state index in [2.05, 4.69) is 16.0 Å². The number of nitrogens with one attached hydrogen (secondary N) is 3. The van der Waals surface area contributed by atoms with Crippen LogP contribution in [0.3, 0.4) is 0 Å². The highest BCUT2D eigenvalue weighted by Crippen LogP contribution is 2.29. The van der Waals surface area contributed by atoms with E-state index in [0.717, 1.165) is 31.0 Å². The van der Waals surface area contributed by atoms with Crippen molar-refractivity contribution in [2.45, 2.75) is 43.9 Å². The van der Waals surface area contributed by atoms with Crippen LogP contribution >= 0.6 is 0 Å². The molecule has 0 bridgehead atoms. The van der Waals surface area contributed by atoms with Crippen molar-refractivity contribution in [3.63, 3.8) is 0 Å². The third-order valence-corrected chi connectivity index (χ3v) is 5.40. The average Bonchev–Trinajstić information content (AvgIpc) is 2.78. The monoisotopic (exact) mass is 465 g/mol. The zero-order valence-electron chi connectivity index (χ0n) is 17.5. The number of amides is 3. The quantitative estimate of drug-likeness (QED) is 0.572.